The van der Waals surface area contributed by atoms with E-state index in [1.54, 1.807) is 52.3 Å². The molecule has 138 valence electrons. The summed E-state index contributed by atoms with van der Waals surface area (Å²) in [5.41, 5.74) is 0.309. The predicted octanol–water partition coefficient (Wildman–Crippen LogP) is 2.98. The van der Waals surface area contributed by atoms with Crippen LogP contribution in [0.2, 0.25) is 0 Å². The van der Waals surface area contributed by atoms with Crippen molar-refractivity contribution >= 4 is 17.5 Å². The Bertz CT molecular complexity index is 752. The topological polar surface area (TPSA) is 76.7 Å². The lowest BCUT2D eigenvalue weighted by molar-refractivity contribution is -0.138. The Labute approximate surface area is 153 Å². The van der Waals surface area contributed by atoms with Crippen molar-refractivity contribution in [3.05, 3.63) is 54.1 Å². The second-order valence-electron chi connectivity index (χ2n) is 6.34. The zero-order valence-electron chi connectivity index (χ0n) is 15.5. The molecule has 0 aromatic heterocycles. The summed E-state index contributed by atoms with van der Waals surface area (Å²) in [5, 5.41) is 5.56. The highest BCUT2D eigenvalue weighted by Crippen LogP contribution is 2.21. The van der Waals surface area contributed by atoms with Crippen LogP contribution in [0.3, 0.4) is 0 Å². The van der Waals surface area contributed by atoms with Gasteiger partial charge in [-0.2, -0.15) is 0 Å². The van der Waals surface area contributed by atoms with Gasteiger partial charge in [0.2, 0.25) is 11.8 Å². The Morgan fingerprint density at radius 2 is 1.35 bits per heavy atom. The molecular formula is C20H24N2O4. The molecule has 0 aliphatic carbocycles. The van der Waals surface area contributed by atoms with Crippen LogP contribution < -0.4 is 20.1 Å². The molecule has 0 unspecified atom stereocenters. The van der Waals surface area contributed by atoms with Gasteiger partial charge >= 0.3 is 0 Å². The molecular weight excluding hydrogens is 332 g/mol. The number of ether oxygens (including phenoxy) is 2. The van der Waals surface area contributed by atoms with Crippen LogP contribution in [0.15, 0.2) is 48.5 Å². The third kappa shape index (κ3) is 4.75. The zero-order chi connectivity index (χ0) is 19.2. The molecule has 0 heterocycles. The molecule has 2 N–H and O–H groups in total. The lowest BCUT2D eigenvalue weighted by Gasteiger charge is -2.23. The first kappa shape index (κ1) is 19.3. The maximum atomic E-state index is 12.5. The van der Waals surface area contributed by atoms with Crippen LogP contribution in [0, 0.1) is 5.41 Å². The second kappa shape index (κ2) is 8.38. The standard InChI is InChI=1S/C20H24N2O4/c1-20(2,19(24)22-15-7-11-17(26-4)12-8-15)18(23)21-13-14-5-9-16(25-3)10-6-14/h5-12H,13H2,1-4H3,(H,21,23)(H,22,24). The summed E-state index contributed by atoms with van der Waals surface area (Å²) in [4.78, 5) is 25.0. The molecule has 6 heteroatoms. The van der Waals surface area contributed by atoms with Gasteiger partial charge in [-0.25, -0.2) is 0 Å². The number of amides is 2. The molecule has 0 atom stereocenters. The SMILES string of the molecule is COc1ccc(CNC(=O)C(C)(C)C(=O)Nc2ccc(OC)cc2)cc1. The van der Waals surface area contributed by atoms with Crippen molar-refractivity contribution in [3.8, 4) is 11.5 Å². The number of benzene rings is 2. The van der Waals surface area contributed by atoms with E-state index >= 15 is 0 Å². The zero-order valence-corrected chi connectivity index (χ0v) is 15.5. The highest BCUT2D eigenvalue weighted by Gasteiger charge is 2.35. The van der Waals surface area contributed by atoms with Crippen molar-refractivity contribution in [2.24, 2.45) is 5.41 Å². The molecule has 6 nitrogen and oxygen atoms in total. The van der Waals surface area contributed by atoms with E-state index in [0.29, 0.717) is 18.0 Å². The van der Waals surface area contributed by atoms with Crippen LogP contribution in [0.5, 0.6) is 11.5 Å². The van der Waals surface area contributed by atoms with E-state index in [-0.39, 0.29) is 11.8 Å². The summed E-state index contributed by atoms with van der Waals surface area (Å²) in [5.74, 6) is 0.716. The molecule has 2 rings (SSSR count). The number of anilines is 1. The minimum absolute atomic E-state index is 0.335. The van der Waals surface area contributed by atoms with Gasteiger partial charge in [-0.1, -0.05) is 12.1 Å². The van der Waals surface area contributed by atoms with Crippen LogP contribution in [0.25, 0.3) is 0 Å². The highest BCUT2D eigenvalue weighted by atomic mass is 16.5. The summed E-state index contributed by atoms with van der Waals surface area (Å²) in [6.07, 6.45) is 0. The number of carbonyl (C=O) groups is 2. The largest absolute Gasteiger partial charge is 0.497 e. The maximum Gasteiger partial charge on any atom is 0.239 e. The Morgan fingerprint density at radius 1 is 0.846 bits per heavy atom. The van der Waals surface area contributed by atoms with Crippen LogP contribution >= 0.6 is 0 Å². The van der Waals surface area contributed by atoms with E-state index in [9.17, 15) is 9.59 Å². The van der Waals surface area contributed by atoms with Gasteiger partial charge in [0, 0.05) is 12.2 Å². The third-order valence-corrected chi connectivity index (χ3v) is 4.10. The fourth-order valence-electron chi connectivity index (χ4n) is 2.21. The number of hydrogen-bond acceptors (Lipinski definition) is 4. The quantitative estimate of drug-likeness (QED) is 0.748. The van der Waals surface area contributed by atoms with Gasteiger partial charge in [0.15, 0.2) is 0 Å². The molecule has 0 aliphatic heterocycles. The predicted molar refractivity (Wildman–Crippen MR) is 100 cm³/mol. The van der Waals surface area contributed by atoms with E-state index in [1.165, 1.54) is 0 Å². The molecule has 0 saturated carbocycles. The molecule has 0 bridgehead atoms. The van der Waals surface area contributed by atoms with Crippen molar-refractivity contribution < 1.29 is 19.1 Å². The highest BCUT2D eigenvalue weighted by molar-refractivity contribution is 6.09. The van der Waals surface area contributed by atoms with Crippen molar-refractivity contribution in [1.82, 2.24) is 5.32 Å². The number of methoxy groups -OCH3 is 2. The van der Waals surface area contributed by atoms with Crippen molar-refractivity contribution in [2.75, 3.05) is 19.5 Å². The van der Waals surface area contributed by atoms with Crippen molar-refractivity contribution in [2.45, 2.75) is 20.4 Å². The Kier molecular flexibility index (Phi) is 6.22. The summed E-state index contributed by atoms with van der Waals surface area (Å²) in [6, 6.07) is 14.3. The van der Waals surface area contributed by atoms with E-state index in [2.05, 4.69) is 10.6 Å². The van der Waals surface area contributed by atoms with Crippen molar-refractivity contribution in [3.63, 3.8) is 0 Å². The average Bonchev–Trinajstić information content (AvgIpc) is 2.66. The van der Waals surface area contributed by atoms with E-state index in [1.807, 2.05) is 24.3 Å². The van der Waals surface area contributed by atoms with Gasteiger partial charge in [-0.3, -0.25) is 9.59 Å². The number of carbonyl (C=O) groups excluding carboxylic acids is 2. The number of rotatable bonds is 7. The first-order valence-electron chi connectivity index (χ1n) is 8.23. The third-order valence-electron chi connectivity index (χ3n) is 4.10. The molecule has 2 aromatic rings. The molecule has 2 aromatic carbocycles. The van der Waals surface area contributed by atoms with Crippen LogP contribution in [-0.2, 0) is 16.1 Å². The summed E-state index contributed by atoms with van der Waals surface area (Å²) in [6.45, 7) is 3.52. The smallest absolute Gasteiger partial charge is 0.239 e. The van der Waals surface area contributed by atoms with Gasteiger partial charge in [-0.05, 0) is 55.8 Å². The fraction of sp³-hybridized carbons (Fsp3) is 0.300. The molecule has 2 amide bonds. The second-order valence-corrected chi connectivity index (χ2v) is 6.34. The minimum atomic E-state index is -1.22. The maximum absolute atomic E-state index is 12.5. The van der Waals surface area contributed by atoms with Gasteiger partial charge in [0.05, 0.1) is 14.2 Å². The minimum Gasteiger partial charge on any atom is -0.497 e. The normalized spacial score (nSPS) is 10.8. The molecule has 26 heavy (non-hydrogen) atoms. The number of nitrogens with one attached hydrogen (secondary N) is 2. The Hall–Kier alpha value is -3.02. The van der Waals surface area contributed by atoms with Crippen LogP contribution in [0.4, 0.5) is 5.69 Å². The Balaban J connectivity index is 1.95. The molecule has 0 fully saturated rings. The van der Waals surface area contributed by atoms with Gasteiger partial charge < -0.3 is 20.1 Å². The lowest BCUT2D eigenvalue weighted by Crippen LogP contribution is -2.44. The lowest BCUT2D eigenvalue weighted by atomic mass is 9.90. The average molecular weight is 356 g/mol. The first-order valence-corrected chi connectivity index (χ1v) is 8.23. The Morgan fingerprint density at radius 3 is 1.85 bits per heavy atom. The number of hydrogen-bond donors (Lipinski definition) is 2. The molecule has 0 aliphatic rings. The molecule has 0 spiro atoms. The van der Waals surface area contributed by atoms with E-state index in [0.717, 1.165) is 11.3 Å². The summed E-state index contributed by atoms with van der Waals surface area (Å²) >= 11 is 0. The van der Waals surface area contributed by atoms with Crippen molar-refractivity contribution in [1.29, 1.82) is 0 Å². The van der Waals surface area contributed by atoms with Gasteiger partial charge in [0.1, 0.15) is 16.9 Å². The molecule has 0 radical (unpaired) electrons. The fourth-order valence-corrected chi connectivity index (χ4v) is 2.21. The van der Waals surface area contributed by atoms with E-state index < -0.39 is 5.41 Å². The van der Waals surface area contributed by atoms with E-state index in [4.69, 9.17) is 9.47 Å². The summed E-state index contributed by atoms with van der Waals surface area (Å²) in [7, 11) is 3.17. The van der Waals surface area contributed by atoms with Crippen LogP contribution in [-0.4, -0.2) is 26.0 Å². The summed E-state index contributed by atoms with van der Waals surface area (Å²) < 4.78 is 10.2. The van der Waals surface area contributed by atoms with Gasteiger partial charge in [0.25, 0.3) is 0 Å². The first-order chi connectivity index (χ1) is 12.4. The van der Waals surface area contributed by atoms with Crippen LogP contribution in [0.1, 0.15) is 19.4 Å². The van der Waals surface area contributed by atoms with Gasteiger partial charge in [-0.15, -0.1) is 0 Å². The monoisotopic (exact) mass is 356 g/mol. The molecule has 0 saturated heterocycles.